The Morgan fingerprint density at radius 3 is 2.06 bits per heavy atom. The van der Waals surface area contributed by atoms with Crippen molar-refractivity contribution in [3.05, 3.63) is 108 Å². The molecule has 4 amide bonds. The third-order valence-corrected chi connectivity index (χ3v) is 13.7. The van der Waals surface area contributed by atoms with Gasteiger partial charge in [0.2, 0.25) is 11.8 Å². The molecule has 0 unspecified atom stereocenters. The number of hydrogen-bond donors (Lipinski definition) is 4. The number of methoxy groups -OCH3 is 1. The summed E-state index contributed by atoms with van der Waals surface area (Å²) in [7, 11) is 1.30. The molecule has 3 fully saturated rings. The number of nitrogens with one attached hydrogen (secondary N) is 4. The second-order valence-corrected chi connectivity index (χ2v) is 17.8. The van der Waals surface area contributed by atoms with Gasteiger partial charge in [0.1, 0.15) is 23.7 Å². The van der Waals surface area contributed by atoms with Crippen molar-refractivity contribution < 1.29 is 23.9 Å². The Hall–Kier alpha value is -6.76. The Morgan fingerprint density at radius 1 is 0.778 bits per heavy atom. The monoisotopic (exact) mass is 844 g/mol. The second kappa shape index (κ2) is 16.2. The number of likely N-dealkylation sites (tertiary alicyclic amines) is 2. The summed E-state index contributed by atoms with van der Waals surface area (Å²) in [5, 5.41) is 9.91. The second-order valence-electron chi connectivity index (χ2n) is 17.8. The van der Waals surface area contributed by atoms with Crippen LogP contribution in [-0.2, 0) is 19.1 Å². The first kappa shape index (κ1) is 40.3. The normalized spacial score (nSPS) is 20.6. The molecule has 322 valence electrons. The zero-order chi connectivity index (χ0) is 43.5. The molecular weight excluding hydrogens is 793 g/mol. The molecule has 13 nitrogen and oxygen atoms in total. The maximum absolute atomic E-state index is 14.5. The first-order valence-corrected chi connectivity index (χ1v) is 22.3. The van der Waals surface area contributed by atoms with Gasteiger partial charge in [-0.2, -0.15) is 0 Å². The lowest BCUT2D eigenvalue weighted by atomic mass is 9.96. The minimum Gasteiger partial charge on any atom is -0.453 e. The van der Waals surface area contributed by atoms with Crippen LogP contribution in [0, 0.1) is 11.8 Å². The highest BCUT2D eigenvalue weighted by atomic mass is 16.5. The molecule has 0 radical (unpaired) electrons. The van der Waals surface area contributed by atoms with Crippen molar-refractivity contribution in [2.45, 2.75) is 89.5 Å². The molecule has 13 heteroatoms. The van der Waals surface area contributed by atoms with Crippen molar-refractivity contribution in [1.82, 2.24) is 40.4 Å². The maximum atomic E-state index is 14.5. The Morgan fingerprint density at radius 2 is 1.43 bits per heavy atom. The van der Waals surface area contributed by atoms with Crippen LogP contribution in [0.4, 0.5) is 4.79 Å². The predicted octanol–water partition coefficient (Wildman–Crippen LogP) is 8.78. The molecule has 4 heterocycles. The molecule has 63 heavy (non-hydrogen) atoms. The van der Waals surface area contributed by atoms with Crippen LogP contribution >= 0.6 is 0 Å². The molecule has 3 aliphatic rings. The van der Waals surface area contributed by atoms with E-state index in [9.17, 15) is 19.2 Å². The molecular formula is C50H52N8O5. The maximum Gasteiger partial charge on any atom is 0.407 e. The van der Waals surface area contributed by atoms with Gasteiger partial charge in [0.25, 0.3) is 5.91 Å². The van der Waals surface area contributed by atoms with Gasteiger partial charge in [-0.3, -0.25) is 14.4 Å². The molecule has 4 N–H and O–H groups in total. The van der Waals surface area contributed by atoms with E-state index in [1.807, 2.05) is 54.0 Å². The van der Waals surface area contributed by atoms with Crippen LogP contribution in [0.5, 0.6) is 0 Å². The van der Waals surface area contributed by atoms with E-state index in [1.165, 1.54) is 7.11 Å². The zero-order valence-electron chi connectivity index (χ0n) is 36.0. The first-order chi connectivity index (χ1) is 30.6. The van der Waals surface area contributed by atoms with Gasteiger partial charge < -0.3 is 35.1 Å². The van der Waals surface area contributed by atoms with Crippen molar-refractivity contribution in [2.75, 3.05) is 13.7 Å². The first-order valence-electron chi connectivity index (χ1n) is 22.3. The van der Waals surface area contributed by atoms with Gasteiger partial charge in [0, 0.05) is 29.8 Å². The number of H-pyrrole nitrogens is 2. The fraction of sp³-hybridized carbons (Fsp3) is 0.360. The number of aromatic nitrogens is 4. The van der Waals surface area contributed by atoms with E-state index in [0.717, 1.165) is 104 Å². The van der Waals surface area contributed by atoms with E-state index in [-0.39, 0.29) is 41.8 Å². The molecule has 7 aromatic rings. The van der Waals surface area contributed by atoms with Crippen LogP contribution in [0.1, 0.15) is 94.6 Å². The number of hydrogen-bond acceptors (Lipinski definition) is 7. The molecule has 1 aliphatic carbocycles. The number of alkyl carbamates (subject to hydrolysis) is 1. The van der Waals surface area contributed by atoms with Crippen LogP contribution in [0.25, 0.3) is 54.7 Å². The van der Waals surface area contributed by atoms with E-state index in [4.69, 9.17) is 14.7 Å². The lowest BCUT2D eigenvalue weighted by Crippen LogP contribution is -2.51. The minimum absolute atomic E-state index is 0.0856. The minimum atomic E-state index is -0.760. The predicted molar refractivity (Wildman–Crippen MR) is 242 cm³/mol. The SMILES string of the molecule is CCC(=O)N[C@@H](C(=O)N1[C@@H]2CC[C@@H](C2)[C@H]1c1nc2c(ccc3cc(-c4ccc5c(ccc6[nH]c([C@@H]7CCCN7C(=O)[C@@H](NC(=O)OC)C(C)C)nc65)c4)ccc32)[nH]1)c1ccccc1. The Labute approximate surface area is 365 Å². The summed E-state index contributed by atoms with van der Waals surface area (Å²) in [6, 6.07) is 29.0. The van der Waals surface area contributed by atoms with Crippen molar-refractivity contribution in [3.8, 4) is 11.1 Å². The number of nitrogens with zero attached hydrogens (tertiary/aromatic N) is 4. The number of ether oxygens (including phenoxy) is 1. The van der Waals surface area contributed by atoms with E-state index < -0.39 is 18.2 Å². The molecule has 2 aliphatic heterocycles. The molecule has 5 aromatic carbocycles. The van der Waals surface area contributed by atoms with Gasteiger partial charge in [-0.1, -0.05) is 87.5 Å². The van der Waals surface area contributed by atoms with E-state index in [2.05, 4.69) is 81.3 Å². The fourth-order valence-corrected chi connectivity index (χ4v) is 10.5. The average Bonchev–Trinajstić information content (AvgIpc) is 4.17. The highest BCUT2D eigenvalue weighted by Crippen LogP contribution is 2.51. The third kappa shape index (κ3) is 7.13. The van der Waals surface area contributed by atoms with Crippen molar-refractivity contribution in [3.63, 3.8) is 0 Å². The summed E-state index contributed by atoms with van der Waals surface area (Å²) in [6.45, 7) is 6.22. The lowest BCUT2D eigenvalue weighted by Gasteiger charge is -2.36. The number of aromatic amines is 2. The Kier molecular flexibility index (Phi) is 10.4. The molecule has 2 saturated heterocycles. The summed E-state index contributed by atoms with van der Waals surface area (Å²) >= 11 is 0. The molecule has 2 aromatic heterocycles. The summed E-state index contributed by atoms with van der Waals surface area (Å²) < 4.78 is 4.80. The Bertz CT molecular complexity index is 2920. The smallest absolute Gasteiger partial charge is 0.407 e. The highest BCUT2D eigenvalue weighted by molar-refractivity contribution is 6.07. The fourth-order valence-electron chi connectivity index (χ4n) is 10.5. The topological polar surface area (TPSA) is 165 Å². The van der Waals surface area contributed by atoms with E-state index in [0.29, 0.717) is 18.9 Å². The van der Waals surface area contributed by atoms with Crippen LogP contribution in [0.15, 0.2) is 91.0 Å². The number of rotatable bonds is 10. The van der Waals surface area contributed by atoms with Crippen molar-refractivity contribution in [1.29, 1.82) is 0 Å². The van der Waals surface area contributed by atoms with Crippen molar-refractivity contribution in [2.24, 2.45) is 11.8 Å². The van der Waals surface area contributed by atoms with Crippen LogP contribution < -0.4 is 10.6 Å². The van der Waals surface area contributed by atoms with Crippen LogP contribution in [-0.4, -0.2) is 79.3 Å². The van der Waals surface area contributed by atoms with Gasteiger partial charge in [-0.15, -0.1) is 0 Å². The zero-order valence-corrected chi connectivity index (χ0v) is 36.0. The average molecular weight is 845 g/mol. The highest BCUT2D eigenvalue weighted by Gasteiger charge is 2.51. The summed E-state index contributed by atoms with van der Waals surface area (Å²) in [5.41, 5.74) is 6.49. The molecule has 10 rings (SSSR count). The van der Waals surface area contributed by atoms with Gasteiger partial charge in [-0.25, -0.2) is 14.8 Å². The standard InChI is InChI=1S/C50H52N8O5/c1-5-40(59)53-42(28-10-7-6-8-11-28)49(61)58-34-18-13-33(26-34)45(58)47-52-38-22-17-32-25-30(15-20-36(32)44(38)55-47)29-14-19-35-31(24-29)16-21-37-43(35)54-46(51-37)39-12-9-23-57(39)48(60)41(27(2)3)56-50(62)63-4/h6-8,10-11,14-17,19-22,24-25,27,33-34,39,41-42,45H,5,9,12-13,18,23,26H2,1-4H3,(H,51,54)(H,52,55)(H,53,59)(H,56,62)/t33-,34+,39-,41-,42+,45-/m0/s1. The number of piperidine rings is 1. The summed E-state index contributed by atoms with van der Waals surface area (Å²) in [4.78, 5) is 74.4. The number of amides is 4. The number of carbonyl (C=O) groups excluding carboxylic acids is 4. The number of benzene rings is 5. The van der Waals surface area contributed by atoms with Gasteiger partial charge in [0.05, 0.1) is 41.3 Å². The van der Waals surface area contributed by atoms with Crippen molar-refractivity contribution >= 4 is 67.4 Å². The number of carbonyl (C=O) groups is 4. The largest absolute Gasteiger partial charge is 0.453 e. The van der Waals surface area contributed by atoms with Gasteiger partial charge >= 0.3 is 6.09 Å². The Balaban J connectivity index is 0.925. The molecule has 6 atom stereocenters. The quantitative estimate of drug-likeness (QED) is 0.107. The number of imidazole rings is 2. The van der Waals surface area contributed by atoms with Crippen LogP contribution in [0.3, 0.4) is 0 Å². The summed E-state index contributed by atoms with van der Waals surface area (Å²) in [6.07, 6.45) is 4.21. The van der Waals surface area contributed by atoms with Crippen LogP contribution in [0.2, 0.25) is 0 Å². The van der Waals surface area contributed by atoms with E-state index in [1.54, 1.807) is 6.92 Å². The van der Waals surface area contributed by atoms with Gasteiger partial charge in [0.15, 0.2) is 0 Å². The molecule has 2 bridgehead atoms. The van der Waals surface area contributed by atoms with E-state index >= 15 is 0 Å². The van der Waals surface area contributed by atoms with Gasteiger partial charge in [-0.05, 0) is 95.7 Å². The number of fused-ring (bicyclic) bond motifs is 8. The molecule has 0 spiro atoms. The lowest BCUT2D eigenvalue weighted by molar-refractivity contribution is -0.140. The third-order valence-electron chi connectivity index (χ3n) is 13.7. The molecule has 1 saturated carbocycles. The summed E-state index contributed by atoms with van der Waals surface area (Å²) in [5.74, 6) is 1.33.